The van der Waals surface area contributed by atoms with Crippen LogP contribution in [0.25, 0.3) is 0 Å². The monoisotopic (exact) mass is 461 g/mol. The van der Waals surface area contributed by atoms with Crippen LogP contribution >= 0.6 is 11.6 Å². The van der Waals surface area contributed by atoms with Gasteiger partial charge in [0, 0.05) is 17.5 Å². The minimum Gasteiger partial charge on any atom is -0.475 e. The summed E-state index contributed by atoms with van der Waals surface area (Å²) in [6, 6.07) is 17.6. The fraction of sp³-hybridized carbons (Fsp3) is 0.458. The SMILES string of the molecule is CNC1NC(Oc2cccc(Cl)c2)C(Cc2ccccc2)CC1C(=O)NCCOCCO. The van der Waals surface area contributed by atoms with Crippen molar-refractivity contribution in [1.29, 1.82) is 0 Å². The van der Waals surface area contributed by atoms with Gasteiger partial charge in [-0.05, 0) is 43.7 Å². The third kappa shape index (κ3) is 7.18. The smallest absolute Gasteiger partial charge is 0.226 e. The Hall–Kier alpha value is -2.16. The van der Waals surface area contributed by atoms with Crippen molar-refractivity contribution < 1.29 is 19.4 Å². The summed E-state index contributed by atoms with van der Waals surface area (Å²) in [5.41, 5.74) is 1.19. The van der Waals surface area contributed by atoms with Gasteiger partial charge in [0.2, 0.25) is 5.91 Å². The van der Waals surface area contributed by atoms with Crippen LogP contribution in [0.3, 0.4) is 0 Å². The van der Waals surface area contributed by atoms with E-state index in [0.717, 1.165) is 6.42 Å². The van der Waals surface area contributed by atoms with Crippen LogP contribution in [0.15, 0.2) is 54.6 Å². The van der Waals surface area contributed by atoms with Gasteiger partial charge in [0.1, 0.15) is 5.75 Å². The van der Waals surface area contributed by atoms with Crippen LogP contribution in [0.1, 0.15) is 12.0 Å². The zero-order valence-electron chi connectivity index (χ0n) is 18.3. The highest BCUT2D eigenvalue weighted by Gasteiger charge is 2.40. The molecule has 1 aliphatic heterocycles. The Balaban J connectivity index is 1.72. The zero-order chi connectivity index (χ0) is 22.8. The number of halogens is 1. The number of carbonyl (C=O) groups is 1. The Morgan fingerprint density at radius 2 is 2.00 bits per heavy atom. The number of ether oxygens (including phenoxy) is 2. The third-order valence-electron chi connectivity index (χ3n) is 5.56. The molecule has 4 unspecified atom stereocenters. The molecular formula is C24H32ClN3O4. The van der Waals surface area contributed by atoms with Crippen molar-refractivity contribution in [3.63, 3.8) is 0 Å². The number of aliphatic hydroxyl groups excluding tert-OH is 1. The van der Waals surface area contributed by atoms with Gasteiger partial charge >= 0.3 is 0 Å². The first-order valence-electron chi connectivity index (χ1n) is 11.0. The maximum atomic E-state index is 13.0. The van der Waals surface area contributed by atoms with Crippen LogP contribution in [-0.2, 0) is 16.0 Å². The van der Waals surface area contributed by atoms with E-state index in [1.165, 1.54) is 5.56 Å². The summed E-state index contributed by atoms with van der Waals surface area (Å²) in [5.74, 6) is 0.448. The number of benzene rings is 2. The van der Waals surface area contributed by atoms with Gasteiger partial charge in [-0.25, -0.2) is 0 Å². The van der Waals surface area contributed by atoms with Gasteiger partial charge in [0.15, 0.2) is 6.23 Å². The van der Waals surface area contributed by atoms with Gasteiger partial charge in [-0.15, -0.1) is 0 Å². The van der Waals surface area contributed by atoms with E-state index in [0.29, 0.717) is 30.3 Å². The molecule has 0 spiro atoms. The minimum absolute atomic E-state index is 0.0303. The molecule has 0 saturated carbocycles. The van der Waals surface area contributed by atoms with Crippen molar-refractivity contribution in [2.75, 3.05) is 33.4 Å². The van der Waals surface area contributed by atoms with Crippen molar-refractivity contribution in [3.8, 4) is 5.75 Å². The van der Waals surface area contributed by atoms with Gasteiger partial charge < -0.3 is 25.2 Å². The van der Waals surface area contributed by atoms with Gasteiger partial charge in [0.05, 0.1) is 31.9 Å². The lowest BCUT2D eigenvalue weighted by Crippen LogP contribution is -2.62. The van der Waals surface area contributed by atoms with Crippen molar-refractivity contribution in [2.24, 2.45) is 11.8 Å². The summed E-state index contributed by atoms with van der Waals surface area (Å²) >= 11 is 6.14. The maximum Gasteiger partial charge on any atom is 0.226 e. The lowest BCUT2D eigenvalue weighted by molar-refractivity contribution is -0.130. The quantitative estimate of drug-likeness (QED) is 0.383. The maximum absolute atomic E-state index is 13.0. The molecule has 2 aromatic rings. The van der Waals surface area contributed by atoms with Crippen molar-refractivity contribution in [3.05, 3.63) is 65.2 Å². The summed E-state index contributed by atoms with van der Waals surface area (Å²) in [5, 5.41) is 19.1. The summed E-state index contributed by atoms with van der Waals surface area (Å²) < 4.78 is 11.5. The van der Waals surface area contributed by atoms with E-state index >= 15 is 0 Å². The minimum atomic E-state index is -0.289. The Labute approximate surface area is 194 Å². The Morgan fingerprint density at radius 3 is 2.72 bits per heavy atom. The second-order valence-corrected chi connectivity index (χ2v) is 8.28. The molecule has 32 heavy (non-hydrogen) atoms. The van der Waals surface area contributed by atoms with Gasteiger partial charge in [-0.3, -0.25) is 10.1 Å². The first-order chi connectivity index (χ1) is 15.6. The van der Waals surface area contributed by atoms with Gasteiger partial charge in [0.25, 0.3) is 0 Å². The Kier molecular flexibility index (Phi) is 9.77. The van der Waals surface area contributed by atoms with E-state index in [1.54, 1.807) is 6.07 Å². The molecule has 1 heterocycles. The predicted octanol–water partition coefficient (Wildman–Crippen LogP) is 2.18. The van der Waals surface area contributed by atoms with E-state index in [4.69, 9.17) is 26.2 Å². The van der Waals surface area contributed by atoms with Crippen molar-refractivity contribution in [1.82, 2.24) is 16.0 Å². The second-order valence-electron chi connectivity index (χ2n) is 7.85. The molecule has 3 rings (SSSR count). The zero-order valence-corrected chi connectivity index (χ0v) is 19.1. The number of hydrogen-bond acceptors (Lipinski definition) is 6. The molecule has 0 radical (unpaired) electrons. The molecule has 174 valence electrons. The molecule has 1 fully saturated rings. The summed E-state index contributed by atoms with van der Waals surface area (Å²) in [4.78, 5) is 13.0. The summed E-state index contributed by atoms with van der Waals surface area (Å²) in [7, 11) is 1.83. The molecule has 0 aliphatic carbocycles. The van der Waals surface area contributed by atoms with Crippen LogP contribution in [0.5, 0.6) is 5.75 Å². The van der Waals surface area contributed by atoms with Crippen LogP contribution in [0.4, 0.5) is 0 Å². The van der Waals surface area contributed by atoms with Crippen LogP contribution < -0.4 is 20.7 Å². The normalized spacial score (nSPS) is 23.0. The standard InChI is InChI=1S/C24H32ClN3O4/c1-26-22-21(23(30)27-10-12-31-13-11-29)15-18(14-17-6-3-2-4-7-17)24(28-22)32-20-9-5-8-19(25)16-20/h2-9,16,18,21-22,24,26,28-29H,10-15H2,1H3,(H,27,30). The van der Waals surface area contributed by atoms with Gasteiger partial charge in [-0.1, -0.05) is 48.0 Å². The van der Waals surface area contributed by atoms with Crippen LogP contribution in [-0.4, -0.2) is 56.8 Å². The molecule has 4 atom stereocenters. The summed E-state index contributed by atoms with van der Waals surface area (Å²) in [6.07, 6.45) is 0.897. The lowest BCUT2D eigenvalue weighted by atomic mass is 9.82. The molecule has 1 saturated heterocycles. The number of amides is 1. The van der Waals surface area contributed by atoms with Crippen molar-refractivity contribution in [2.45, 2.75) is 25.2 Å². The third-order valence-corrected chi connectivity index (χ3v) is 5.80. The van der Waals surface area contributed by atoms with E-state index < -0.39 is 0 Å². The topological polar surface area (TPSA) is 91.9 Å². The summed E-state index contributed by atoms with van der Waals surface area (Å²) in [6.45, 7) is 1.00. The first-order valence-corrected chi connectivity index (χ1v) is 11.3. The fourth-order valence-corrected chi connectivity index (χ4v) is 4.21. The molecule has 7 nitrogen and oxygen atoms in total. The largest absolute Gasteiger partial charge is 0.475 e. The number of hydrogen-bond donors (Lipinski definition) is 4. The predicted molar refractivity (Wildman–Crippen MR) is 125 cm³/mol. The fourth-order valence-electron chi connectivity index (χ4n) is 4.03. The molecule has 0 bridgehead atoms. The van der Waals surface area contributed by atoms with Crippen LogP contribution in [0, 0.1) is 11.8 Å². The lowest BCUT2D eigenvalue weighted by Gasteiger charge is -2.41. The number of carbonyl (C=O) groups excluding carboxylic acids is 1. The molecule has 8 heteroatoms. The van der Waals surface area contributed by atoms with E-state index in [1.807, 2.05) is 43.4 Å². The second kappa shape index (κ2) is 12.8. The average molecular weight is 462 g/mol. The molecule has 2 aromatic carbocycles. The van der Waals surface area contributed by atoms with Crippen molar-refractivity contribution >= 4 is 17.5 Å². The first kappa shape index (κ1) is 24.5. The molecule has 1 amide bonds. The molecular weight excluding hydrogens is 430 g/mol. The molecule has 1 aliphatic rings. The van der Waals surface area contributed by atoms with Gasteiger partial charge in [-0.2, -0.15) is 0 Å². The molecule has 0 aromatic heterocycles. The number of rotatable bonds is 11. The number of piperidine rings is 1. The Bertz CT molecular complexity index is 839. The number of nitrogens with one attached hydrogen (secondary N) is 3. The highest BCUT2D eigenvalue weighted by Crippen LogP contribution is 2.30. The molecule has 4 N–H and O–H groups in total. The van der Waals surface area contributed by atoms with E-state index in [2.05, 4.69) is 28.1 Å². The Morgan fingerprint density at radius 1 is 1.19 bits per heavy atom. The average Bonchev–Trinajstić information content (AvgIpc) is 2.80. The number of aliphatic hydroxyl groups is 1. The highest BCUT2D eigenvalue weighted by atomic mass is 35.5. The van der Waals surface area contributed by atoms with E-state index in [-0.39, 0.29) is 43.4 Å². The highest BCUT2D eigenvalue weighted by molar-refractivity contribution is 6.30. The van der Waals surface area contributed by atoms with Crippen LogP contribution in [0.2, 0.25) is 5.02 Å². The van der Waals surface area contributed by atoms with E-state index in [9.17, 15) is 4.79 Å².